The van der Waals surface area contributed by atoms with Crippen molar-refractivity contribution in [1.82, 2.24) is 15.0 Å². The number of benzene rings is 5. The molecule has 3 nitrogen and oxygen atoms in total. The molecule has 0 unspecified atom stereocenters. The van der Waals surface area contributed by atoms with E-state index < -0.39 is 0 Å². The fourth-order valence-corrected chi connectivity index (χ4v) is 6.68. The molecule has 0 aliphatic heterocycles. The summed E-state index contributed by atoms with van der Waals surface area (Å²) in [6, 6.07) is 52.5. The lowest BCUT2D eigenvalue weighted by molar-refractivity contribution is 1.24. The molecule has 3 aromatic heterocycles. The van der Waals surface area contributed by atoms with Crippen LogP contribution in [0.1, 0.15) is 0 Å². The van der Waals surface area contributed by atoms with Crippen LogP contribution in [0.15, 0.2) is 152 Å². The Morgan fingerprint density at radius 3 is 1.72 bits per heavy atom. The smallest absolute Gasteiger partial charge is 0.161 e. The quantitative estimate of drug-likeness (QED) is 0.208. The number of pyridine rings is 1. The summed E-state index contributed by atoms with van der Waals surface area (Å²) in [5, 5.41) is 2.30. The van der Waals surface area contributed by atoms with Gasteiger partial charge >= 0.3 is 0 Å². The normalized spacial score (nSPS) is 11.3. The van der Waals surface area contributed by atoms with Crippen molar-refractivity contribution in [2.24, 2.45) is 0 Å². The molecular formula is C39H25N3S. The van der Waals surface area contributed by atoms with Crippen molar-refractivity contribution < 1.29 is 0 Å². The maximum Gasteiger partial charge on any atom is 0.161 e. The van der Waals surface area contributed by atoms with Crippen LogP contribution in [0.2, 0.25) is 0 Å². The van der Waals surface area contributed by atoms with E-state index in [9.17, 15) is 0 Å². The molecule has 43 heavy (non-hydrogen) atoms. The van der Waals surface area contributed by atoms with Crippen molar-refractivity contribution in [2.45, 2.75) is 0 Å². The third kappa shape index (κ3) is 4.78. The Bertz CT molecular complexity index is 2170. The largest absolute Gasteiger partial charge is 0.248 e. The van der Waals surface area contributed by atoms with Gasteiger partial charge in [-0.1, -0.05) is 127 Å². The van der Waals surface area contributed by atoms with Crippen molar-refractivity contribution in [3.05, 3.63) is 152 Å². The molecule has 5 aromatic carbocycles. The van der Waals surface area contributed by atoms with Crippen LogP contribution in [0, 0.1) is 0 Å². The minimum Gasteiger partial charge on any atom is -0.248 e. The predicted molar refractivity (Wildman–Crippen MR) is 180 cm³/mol. The van der Waals surface area contributed by atoms with Crippen molar-refractivity contribution in [2.75, 3.05) is 0 Å². The molecule has 0 fully saturated rings. The number of fused-ring (bicyclic) bond motifs is 3. The molecule has 0 radical (unpaired) electrons. The van der Waals surface area contributed by atoms with Crippen molar-refractivity contribution in [3.8, 4) is 56.3 Å². The maximum atomic E-state index is 5.20. The summed E-state index contributed by atoms with van der Waals surface area (Å²) >= 11 is 1.72. The Morgan fingerprint density at radius 2 is 0.977 bits per heavy atom. The fourth-order valence-electron chi connectivity index (χ4n) is 5.61. The highest BCUT2D eigenvalue weighted by atomic mass is 32.1. The van der Waals surface area contributed by atoms with E-state index in [0.717, 1.165) is 60.7 Å². The van der Waals surface area contributed by atoms with Gasteiger partial charge in [-0.25, -0.2) is 15.0 Å². The lowest BCUT2D eigenvalue weighted by Crippen LogP contribution is -1.95. The first-order valence-electron chi connectivity index (χ1n) is 14.3. The molecule has 202 valence electrons. The molecule has 0 saturated heterocycles. The highest BCUT2D eigenvalue weighted by molar-refractivity contribution is 7.25. The van der Waals surface area contributed by atoms with E-state index in [1.807, 2.05) is 18.2 Å². The van der Waals surface area contributed by atoms with Gasteiger partial charge in [-0.15, -0.1) is 11.3 Å². The zero-order valence-electron chi connectivity index (χ0n) is 23.2. The molecular weight excluding hydrogens is 543 g/mol. The van der Waals surface area contributed by atoms with E-state index in [0.29, 0.717) is 5.82 Å². The van der Waals surface area contributed by atoms with Crippen molar-refractivity contribution in [1.29, 1.82) is 0 Å². The monoisotopic (exact) mass is 567 g/mol. The van der Waals surface area contributed by atoms with Crippen LogP contribution in [-0.2, 0) is 0 Å². The molecule has 0 aliphatic rings. The van der Waals surface area contributed by atoms with Gasteiger partial charge in [0.25, 0.3) is 0 Å². The summed E-state index contributed by atoms with van der Waals surface area (Å²) in [4.78, 5) is 16.5. The summed E-state index contributed by atoms with van der Waals surface area (Å²) < 4.78 is 1.21. The Labute approximate surface area is 253 Å². The second-order valence-electron chi connectivity index (χ2n) is 10.5. The molecule has 0 saturated carbocycles. The zero-order chi connectivity index (χ0) is 28.6. The molecule has 0 N–H and O–H groups in total. The summed E-state index contributed by atoms with van der Waals surface area (Å²) in [7, 11) is 0. The Balaban J connectivity index is 1.30. The van der Waals surface area contributed by atoms with Gasteiger partial charge < -0.3 is 0 Å². The van der Waals surface area contributed by atoms with E-state index >= 15 is 0 Å². The standard InChI is InChI=1S/C39H25N3S/c1-4-13-26(14-5-1)31-24-33(27-15-6-2-7-16-27)40-34(25-31)29-19-12-20-30(23-29)38-41-37(28-17-8-3-9-18-28)36-32-21-10-11-22-35(32)43-39(36)42-38/h1-25H. The van der Waals surface area contributed by atoms with Crippen LogP contribution in [0.4, 0.5) is 0 Å². The highest BCUT2D eigenvalue weighted by Crippen LogP contribution is 2.40. The molecule has 0 atom stereocenters. The van der Waals surface area contributed by atoms with Gasteiger partial charge in [0.15, 0.2) is 5.82 Å². The van der Waals surface area contributed by atoms with Crippen LogP contribution in [0.25, 0.3) is 76.6 Å². The van der Waals surface area contributed by atoms with Gasteiger partial charge in [-0.2, -0.15) is 0 Å². The van der Waals surface area contributed by atoms with E-state index in [1.165, 1.54) is 10.1 Å². The van der Waals surface area contributed by atoms with Gasteiger partial charge in [-0.05, 0) is 35.4 Å². The van der Waals surface area contributed by atoms with E-state index in [1.54, 1.807) is 11.3 Å². The second-order valence-corrected chi connectivity index (χ2v) is 11.5. The number of hydrogen-bond acceptors (Lipinski definition) is 4. The number of nitrogens with zero attached hydrogens (tertiary/aromatic N) is 3. The fraction of sp³-hybridized carbons (Fsp3) is 0. The lowest BCUT2D eigenvalue weighted by atomic mass is 9.99. The van der Waals surface area contributed by atoms with E-state index in [2.05, 4.69) is 133 Å². The summed E-state index contributed by atoms with van der Waals surface area (Å²) in [6.07, 6.45) is 0. The molecule has 0 amide bonds. The molecule has 0 spiro atoms. The van der Waals surface area contributed by atoms with Gasteiger partial charge in [0, 0.05) is 37.7 Å². The number of rotatable bonds is 5. The Kier molecular flexibility index (Phi) is 6.32. The minimum absolute atomic E-state index is 0.710. The molecule has 3 heterocycles. The van der Waals surface area contributed by atoms with Crippen LogP contribution in [0.3, 0.4) is 0 Å². The van der Waals surface area contributed by atoms with E-state index in [-0.39, 0.29) is 0 Å². The first-order valence-corrected chi connectivity index (χ1v) is 15.1. The topological polar surface area (TPSA) is 38.7 Å². The minimum atomic E-state index is 0.710. The van der Waals surface area contributed by atoms with Crippen LogP contribution >= 0.6 is 11.3 Å². The SMILES string of the molecule is c1ccc(-c2cc(-c3ccccc3)nc(-c3cccc(-c4nc(-c5ccccc5)c5c(n4)sc4ccccc45)c3)c2)cc1. The third-order valence-electron chi connectivity index (χ3n) is 7.70. The number of hydrogen-bond donors (Lipinski definition) is 0. The summed E-state index contributed by atoms with van der Waals surface area (Å²) in [5.74, 6) is 0.710. The third-order valence-corrected chi connectivity index (χ3v) is 8.77. The summed E-state index contributed by atoms with van der Waals surface area (Å²) in [6.45, 7) is 0. The predicted octanol–water partition coefficient (Wildman–Crippen LogP) is 10.6. The highest BCUT2D eigenvalue weighted by Gasteiger charge is 2.17. The molecule has 8 aromatic rings. The van der Waals surface area contributed by atoms with Crippen LogP contribution in [-0.4, -0.2) is 15.0 Å². The Hall–Kier alpha value is -5.45. The van der Waals surface area contributed by atoms with Gasteiger partial charge in [0.1, 0.15) is 4.83 Å². The lowest BCUT2D eigenvalue weighted by Gasteiger charge is -2.12. The van der Waals surface area contributed by atoms with Crippen molar-refractivity contribution in [3.63, 3.8) is 0 Å². The Morgan fingerprint density at radius 1 is 0.395 bits per heavy atom. The maximum absolute atomic E-state index is 5.20. The molecule has 4 heteroatoms. The number of aromatic nitrogens is 3. The molecule has 8 rings (SSSR count). The molecule has 0 aliphatic carbocycles. The number of thiophene rings is 1. The second kappa shape index (κ2) is 10.8. The average molecular weight is 568 g/mol. The van der Waals surface area contributed by atoms with Gasteiger partial charge in [0.05, 0.1) is 17.1 Å². The van der Waals surface area contributed by atoms with Crippen LogP contribution in [0.5, 0.6) is 0 Å². The first-order chi connectivity index (χ1) is 21.3. The van der Waals surface area contributed by atoms with Crippen LogP contribution < -0.4 is 0 Å². The van der Waals surface area contributed by atoms with Gasteiger partial charge in [0.2, 0.25) is 0 Å². The summed E-state index contributed by atoms with van der Waals surface area (Å²) in [5.41, 5.74) is 9.25. The van der Waals surface area contributed by atoms with Gasteiger partial charge in [-0.3, -0.25) is 0 Å². The average Bonchev–Trinajstić information content (AvgIpc) is 3.47. The van der Waals surface area contributed by atoms with E-state index in [4.69, 9.17) is 15.0 Å². The molecule has 0 bridgehead atoms. The van der Waals surface area contributed by atoms with Crippen molar-refractivity contribution >= 4 is 31.6 Å². The first kappa shape index (κ1) is 25.3. The zero-order valence-corrected chi connectivity index (χ0v) is 24.0.